The van der Waals surface area contributed by atoms with Gasteiger partial charge in [0.15, 0.2) is 5.78 Å². The minimum absolute atomic E-state index is 0.0930. The topological polar surface area (TPSA) is 43.4 Å². The molecule has 0 amide bonds. The highest BCUT2D eigenvalue weighted by Gasteiger charge is 2.32. The van der Waals surface area contributed by atoms with Gasteiger partial charge in [0.25, 0.3) is 0 Å². The van der Waals surface area contributed by atoms with Crippen LogP contribution in [-0.4, -0.2) is 23.2 Å². The molecule has 0 bridgehead atoms. The Kier molecular flexibility index (Phi) is 4.63. The Bertz CT molecular complexity index is 515. The first-order valence-electron chi connectivity index (χ1n) is 6.10. The van der Waals surface area contributed by atoms with Gasteiger partial charge in [0.2, 0.25) is 0 Å². The van der Waals surface area contributed by atoms with Crippen molar-refractivity contribution < 1.29 is 14.3 Å². The van der Waals surface area contributed by atoms with Gasteiger partial charge in [0.05, 0.1) is 11.4 Å². The molecule has 1 aromatic carbocycles. The van der Waals surface area contributed by atoms with E-state index in [1.165, 1.54) is 6.92 Å². The first-order valence-corrected chi connectivity index (χ1v) is 7.39. The smallest absolute Gasteiger partial charge is 0.302 e. The fraction of sp³-hybridized carbons (Fsp3) is 0.429. The first-order chi connectivity index (χ1) is 8.99. The standard InChI is InChI=1S/C14H14BrClO3/c1-8(17)19-5-4-9-6-13(15)14(18)11-3-2-10(16)7-12(9)11/h2-3,7,9,13H,4-6H2,1H3. The van der Waals surface area contributed by atoms with E-state index in [2.05, 4.69) is 15.9 Å². The summed E-state index contributed by atoms with van der Waals surface area (Å²) in [5, 5.41) is 0.622. The predicted molar refractivity (Wildman–Crippen MR) is 77.1 cm³/mol. The molecule has 0 heterocycles. The lowest BCUT2D eigenvalue weighted by Crippen LogP contribution is -2.26. The van der Waals surface area contributed by atoms with Crippen molar-refractivity contribution in [2.45, 2.75) is 30.5 Å². The van der Waals surface area contributed by atoms with Gasteiger partial charge in [-0.25, -0.2) is 0 Å². The van der Waals surface area contributed by atoms with Gasteiger partial charge in [-0.3, -0.25) is 9.59 Å². The molecule has 5 heteroatoms. The Morgan fingerprint density at radius 3 is 2.95 bits per heavy atom. The van der Waals surface area contributed by atoms with Crippen molar-refractivity contribution >= 4 is 39.3 Å². The van der Waals surface area contributed by atoms with Crippen LogP contribution >= 0.6 is 27.5 Å². The van der Waals surface area contributed by atoms with E-state index in [-0.39, 0.29) is 22.5 Å². The minimum Gasteiger partial charge on any atom is -0.466 e. The lowest BCUT2D eigenvalue weighted by molar-refractivity contribution is -0.141. The summed E-state index contributed by atoms with van der Waals surface area (Å²) in [7, 11) is 0. The number of carbonyl (C=O) groups excluding carboxylic acids is 2. The molecular weight excluding hydrogens is 332 g/mol. The summed E-state index contributed by atoms with van der Waals surface area (Å²) in [6, 6.07) is 5.34. The van der Waals surface area contributed by atoms with Crippen LogP contribution in [0.5, 0.6) is 0 Å². The second kappa shape index (κ2) is 6.06. The van der Waals surface area contributed by atoms with E-state index in [1.807, 2.05) is 6.07 Å². The number of alkyl halides is 1. The van der Waals surface area contributed by atoms with Crippen LogP contribution < -0.4 is 0 Å². The number of Topliss-reactive ketones (excluding diaryl/α,β-unsaturated/α-hetero) is 1. The number of carbonyl (C=O) groups is 2. The summed E-state index contributed by atoms with van der Waals surface area (Å²) in [6.45, 7) is 1.75. The number of fused-ring (bicyclic) bond motifs is 1. The molecule has 2 rings (SSSR count). The van der Waals surface area contributed by atoms with E-state index < -0.39 is 0 Å². The van der Waals surface area contributed by atoms with E-state index in [4.69, 9.17) is 16.3 Å². The van der Waals surface area contributed by atoms with Crippen LogP contribution in [-0.2, 0) is 9.53 Å². The van der Waals surface area contributed by atoms with Crippen LogP contribution in [0.4, 0.5) is 0 Å². The van der Waals surface area contributed by atoms with Crippen molar-refractivity contribution in [2.24, 2.45) is 0 Å². The van der Waals surface area contributed by atoms with Crippen molar-refractivity contribution in [2.75, 3.05) is 6.61 Å². The summed E-state index contributed by atoms with van der Waals surface area (Å²) in [6.07, 6.45) is 1.40. The SMILES string of the molecule is CC(=O)OCCC1CC(Br)C(=O)c2ccc(Cl)cc21. The number of hydrogen-bond acceptors (Lipinski definition) is 3. The number of benzene rings is 1. The number of hydrogen-bond donors (Lipinski definition) is 0. The van der Waals surface area contributed by atoms with Gasteiger partial charge < -0.3 is 4.74 Å². The van der Waals surface area contributed by atoms with Crippen molar-refractivity contribution in [1.82, 2.24) is 0 Å². The number of rotatable bonds is 3. The third-order valence-corrected chi connectivity index (χ3v) is 4.29. The minimum atomic E-state index is -0.284. The molecule has 0 aliphatic heterocycles. The fourth-order valence-corrected chi connectivity index (χ4v) is 3.24. The van der Waals surface area contributed by atoms with Crippen LogP contribution in [0.3, 0.4) is 0 Å². The van der Waals surface area contributed by atoms with Crippen molar-refractivity contribution in [3.8, 4) is 0 Å². The van der Waals surface area contributed by atoms with Gasteiger partial charge in [-0.2, -0.15) is 0 Å². The normalized spacial score (nSPS) is 21.9. The number of esters is 1. The van der Waals surface area contributed by atoms with Crippen molar-refractivity contribution in [1.29, 1.82) is 0 Å². The molecule has 1 aliphatic rings. The number of ether oxygens (including phenoxy) is 1. The van der Waals surface area contributed by atoms with Crippen molar-refractivity contribution in [3.63, 3.8) is 0 Å². The summed E-state index contributed by atoms with van der Waals surface area (Å²) >= 11 is 9.42. The fourth-order valence-electron chi connectivity index (χ4n) is 2.37. The maximum atomic E-state index is 12.1. The Hall–Kier alpha value is -0.870. The maximum absolute atomic E-state index is 12.1. The molecule has 0 spiro atoms. The second-order valence-electron chi connectivity index (χ2n) is 4.62. The zero-order valence-electron chi connectivity index (χ0n) is 10.5. The third-order valence-electron chi connectivity index (χ3n) is 3.27. The summed E-state index contributed by atoms with van der Waals surface area (Å²) < 4.78 is 4.98. The lowest BCUT2D eigenvalue weighted by Gasteiger charge is -2.27. The summed E-state index contributed by atoms with van der Waals surface area (Å²) in [4.78, 5) is 22.7. The molecule has 102 valence electrons. The Balaban J connectivity index is 2.21. The van der Waals surface area contributed by atoms with E-state index in [1.54, 1.807) is 12.1 Å². The van der Waals surface area contributed by atoms with Gasteiger partial charge in [-0.1, -0.05) is 27.5 Å². The van der Waals surface area contributed by atoms with Gasteiger partial charge >= 0.3 is 5.97 Å². The van der Waals surface area contributed by atoms with Gasteiger partial charge in [-0.15, -0.1) is 0 Å². The Labute approximate surface area is 125 Å². The molecule has 19 heavy (non-hydrogen) atoms. The van der Waals surface area contributed by atoms with Gasteiger partial charge in [-0.05, 0) is 42.5 Å². The highest BCUT2D eigenvalue weighted by atomic mass is 79.9. The van der Waals surface area contributed by atoms with Gasteiger partial charge in [0, 0.05) is 17.5 Å². The molecule has 0 saturated heterocycles. The highest BCUT2D eigenvalue weighted by molar-refractivity contribution is 9.10. The number of halogens is 2. The monoisotopic (exact) mass is 344 g/mol. The lowest BCUT2D eigenvalue weighted by atomic mass is 9.80. The quantitative estimate of drug-likeness (QED) is 0.619. The molecule has 0 saturated carbocycles. The van der Waals surface area contributed by atoms with E-state index in [0.29, 0.717) is 30.0 Å². The zero-order valence-corrected chi connectivity index (χ0v) is 12.8. The molecule has 1 aromatic rings. The first kappa shape index (κ1) is 14.5. The molecule has 3 nitrogen and oxygen atoms in total. The molecular formula is C14H14BrClO3. The highest BCUT2D eigenvalue weighted by Crippen LogP contribution is 2.38. The molecule has 2 atom stereocenters. The van der Waals surface area contributed by atoms with Crippen molar-refractivity contribution in [3.05, 3.63) is 34.3 Å². The predicted octanol–water partition coefficient (Wildman–Crippen LogP) is 3.73. The molecule has 0 radical (unpaired) electrons. The third kappa shape index (κ3) is 3.37. The van der Waals surface area contributed by atoms with E-state index in [0.717, 1.165) is 5.56 Å². The molecule has 0 aromatic heterocycles. The Morgan fingerprint density at radius 1 is 1.53 bits per heavy atom. The zero-order chi connectivity index (χ0) is 14.0. The Morgan fingerprint density at radius 2 is 2.26 bits per heavy atom. The second-order valence-corrected chi connectivity index (χ2v) is 6.17. The van der Waals surface area contributed by atoms with Gasteiger partial charge in [0.1, 0.15) is 0 Å². The molecule has 0 fully saturated rings. The molecule has 1 aliphatic carbocycles. The van der Waals surface area contributed by atoms with Crippen LogP contribution in [0.15, 0.2) is 18.2 Å². The summed E-state index contributed by atoms with van der Waals surface area (Å²) in [5.41, 5.74) is 1.67. The maximum Gasteiger partial charge on any atom is 0.302 e. The van der Waals surface area contributed by atoms with Crippen LogP contribution in [0.2, 0.25) is 5.02 Å². The van der Waals surface area contributed by atoms with Crippen LogP contribution in [0.1, 0.15) is 41.6 Å². The average molecular weight is 346 g/mol. The molecule has 2 unspecified atom stereocenters. The van der Waals surface area contributed by atoms with Crippen LogP contribution in [0.25, 0.3) is 0 Å². The van der Waals surface area contributed by atoms with E-state index >= 15 is 0 Å². The average Bonchev–Trinajstić information content (AvgIpc) is 2.35. The van der Waals surface area contributed by atoms with E-state index in [9.17, 15) is 9.59 Å². The summed E-state index contributed by atoms with van der Waals surface area (Å²) in [5.74, 6) is -0.0147. The number of ketones is 1. The molecule has 0 N–H and O–H groups in total. The largest absolute Gasteiger partial charge is 0.466 e. The van der Waals surface area contributed by atoms with Crippen LogP contribution in [0, 0.1) is 0 Å².